The predicted molar refractivity (Wildman–Crippen MR) is 152 cm³/mol. The van der Waals surface area contributed by atoms with Gasteiger partial charge in [-0.05, 0) is 83.3 Å². The third-order valence-corrected chi connectivity index (χ3v) is 7.58. The minimum absolute atomic E-state index is 0.267. The van der Waals surface area contributed by atoms with Gasteiger partial charge in [-0.1, -0.05) is 50.2 Å². The zero-order chi connectivity index (χ0) is 28.9. The zero-order valence-corrected chi connectivity index (χ0v) is 23.2. The van der Waals surface area contributed by atoms with Crippen molar-refractivity contribution in [1.82, 2.24) is 5.32 Å². The number of nitrogens with zero attached hydrogens (tertiary/aromatic N) is 1. The van der Waals surface area contributed by atoms with Crippen LogP contribution in [0.1, 0.15) is 30.5 Å². The Kier molecular flexibility index (Phi) is 8.89. The van der Waals surface area contributed by atoms with Crippen molar-refractivity contribution < 1.29 is 31.1 Å². The highest BCUT2D eigenvalue weighted by atomic mass is 32.2. The van der Waals surface area contributed by atoms with Crippen LogP contribution in [0.25, 0.3) is 6.08 Å². The molecule has 0 unspecified atom stereocenters. The highest BCUT2D eigenvalue weighted by Gasteiger charge is 2.46. The molecule has 1 aliphatic heterocycles. The van der Waals surface area contributed by atoms with Crippen LogP contribution in [0.2, 0.25) is 0 Å². The van der Waals surface area contributed by atoms with Crippen LogP contribution in [-0.4, -0.2) is 25.0 Å². The van der Waals surface area contributed by atoms with E-state index in [4.69, 9.17) is 4.74 Å². The van der Waals surface area contributed by atoms with Gasteiger partial charge in [0.1, 0.15) is 12.4 Å². The third-order valence-electron chi connectivity index (χ3n) is 5.56. The van der Waals surface area contributed by atoms with Gasteiger partial charge >= 0.3 is 15.5 Å². The van der Waals surface area contributed by atoms with E-state index in [0.717, 1.165) is 41.4 Å². The van der Waals surface area contributed by atoms with Gasteiger partial charge in [0.15, 0.2) is 5.17 Å². The van der Waals surface area contributed by atoms with Crippen LogP contribution in [0.15, 0.2) is 82.7 Å². The van der Waals surface area contributed by atoms with Gasteiger partial charge in [0.25, 0.3) is 5.91 Å². The molecular formula is C28H26F3N3O4S2. The van der Waals surface area contributed by atoms with E-state index in [9.17, 15) is 26.4 Å². The first-order chi connectivity index (χ1) is 18.9. The molecule has 40 heavy (non-hydrogen) atoms. The molecule has 1 saturated heterocycles. The molecule has 7 nitrogen and oxygen atoms in total. The molecule has 12 heteroatoms. The lowest BCUT2D eigenvalue weighted by Crippen LogP contribution is -2.29. The highest BCUT2D eigenvalue weighted by molar-refractivity contribution is 8.18. The number of rotatable bonds is 9. The van der Waals surface area contributed by atoms with E-state index in [1.807, 2.05) is 24.3 Å². The summed E-state index contributed by atoms with van der Waals surface area (Å²) in [6, 6.07) is 20.6. The summed E-state index contributed by atoms with van der Waals surface area (Å²) in [7, 11) is -5.52. The van der Waals surface area contributed by atoms with Crippen LogP contribution in [0.4, 0.5) is 24.5 Å². The number of amides is 1. The van der Waals surface area contributed by atoms with Crippen LogP contribution in [0.3, 0.4) is 0 Å². The van der Waals surface area contributed by atoms with Gasteiger partial charge in [0, 0.05) is 5.69 Å². The molecule has 0 radical (unpaired) electrons. The van der Waals surface area contributed by atoms with E-state index < -0.39 is 15.5 Å². The zero-order valence-electron chi connectivity index (χ0n) is 21.5. The first-order valence-corrected chi connectivity index (χ1v) is 14.5. The normalized spacial score (nSPS) is 16.0. The van der Waals surface area contributed by atoms with Crippen molar-refractivity contribution in [2.24, 2.45) is 10.9 Å². The van der Waals surface area contributed by atoms with Crippen molar-refractivity contribution in [2.75, 3.05) is 4.72 Å². The van der Waals surface area contributed by atoms with Crippen molar-refractivity contribution in [1.29, 1.82) is 0 Å². The Morgan fingerprint density at radius 3 is 2.20 bits per heavy atom. The topological polar surface area (TPSA) is 96.9 Å². The minimum atomic E-state index is -5.52. The summed E-state index contributed by atoms with van der Waals surface area (Å²) in [6.07, 6.45) is 2.74. The van der Waals surface area contributed by atoms with Crippen LogP contribution in [0.5, 0.6) is 5.75 Å². The SMILES string of the molecule is CC(C)Cc1ccc(COc2ccc(C=C3SC(=Nc4ccc(NS(=O)(=O)C(F)(F)F)cc4)NC3=O)cc2)cc1. The maximum absolute atomic E-state index is 12.5. The number of amidine groups is 1. The van der Waals surface area contributed by atoms with Crippen LogP contribution < -0.4 is 14.8 Å². The Labute approximate surface area is 234 Å². The number of hydrogen-bond donors (Lipinski definition) is 2. The number of anilines is 1. The second kappa shape index (κ2) is 12.2. The number of benzene rings is 3. The molecule has 0 saturated carbocycles. The molecular weight excluding hydrogens is 563 g/mol. The smallest absolute Gasteiger partial charge is 0.489 e. The average Bonchev–Trinajstić information content (AvgIpc) is 3.22. The van der Waals surface area contributed by atoms with Gasteiger partial charge < -0.3 is 10.1 Å². The van der Waals surface area contributed by atoms with Crippen LogP contribution in [0, 0.1) is 5.92 Å². The Hall–Kier alpha value is -3.77. The molecule has 1 fully saturated rings. The second-order valence-electron chi connectivity index (χ2n) is 9.35. The molecule has 3 aromatic carbocycles. The fourth-order valence-corrected chi connectivity index (χ4v) is 5.04. The van der Waals surface area contributed by atoms with Crippen LogP contribution >= 0.6 is 11.8 Å². The lowest BCUT2D eigenvalue weighted by molar-refractivity contribution is -0.115. The predicted octanol–water partition coefficient (Wildman–Crippen LogP) is 6.62. The lowest BCUT2D eigenvalue weighted by atomic mass is 10.0. The standard InChI is InChI=1S/C28H26F3N3O4S2/c1-18(2)15-19-3-5-21(6-4-19)17-38-24-13-7-20(8-14-24)16-25-26(35)33-27(39-25)32-22-9-11-23(12-10-22)34-40(36,37)28(29,30)31/h3-14,16,18,34H,15,17H2,1-2H3,(H,32,33,35). The molecule has 1 amide bonds. The van der Waals surface area contributed by atoms with E-state index in [1.165, 1.54) is 22.4 Å². The molecule has 0 bridgehead atoms. The van der Waals surface area contributed by atoms with Gasteiger partial charge in [-0.2, -0.15) is 21.6 Å². The molecule has 0 spiro atoms. The molecule has 0 aromatic heterocycles. The summed E-state index contributed by atoms with van der Waals surface area (Å²) < 4.78 is 67.4. The number of aliphatic imine (C=N–C) groups is 1. The number of alkyl halides is 3. The molecule has 0 atom stereocenters. The van der Waals surface area contributed by atoms with E-state index in [0.29, 0.717) is 28.9 Å². The van der Waals surface area contributed by atoms with Gasteiger partial charge in [-0.3, -0.25) is 9.52 Å². The van der Waals surface area contributed by atoms with Crippen LogP contribution in [-0.2, 0) is 27.8 Å². The van der Waals surface area contributed by atoms with Gasteiger partial charge in [-0.15, -0.1) is 0 Å². The van der Waals surface area contributed by atoms with Crippen molar-refractivity contribution in [3.05, 3.63) is 94.4 Å². The van der Waals surface area contributed by atoms with Crippen molar-refractivity contribution >= 4 is 50.3 Å². The average molecular weight is 590 g/mol. The highest BCUT2D eigenvalue weighted by Crippen LogP contribution is 2.30. The van der Waals surface area contributed by atoms with E-state index in [1.54, 1.807) is 6.08 Å². The number of hydrogen-bond acceptors (Lipinski definition) is 6. The minimum Gasteiger partial charge on any atom is -0.489 e. The number of carbonyl (C=O) groups is 1. The van der Waals surface area contributed by atoms with E-state index >= 15 is 0 Å². The Balaban J connectivity index is 1.34. The molecule has 1 aliphatic rings. The fraction of sp³-hybridized carbons (Fsp3) is 0.214. The van der Waals surface area contributed by atoms with Gasteiger partial charge in [0.2, 0.25) is 0 Å². The molecule has 3 aromatic rings. The maximum atomic E-state index is 12.5. The Morgan fingerprint density at radius 1 is 0.975 bits per heavy atom. The summed E-state index contributed by atoms with van der Waals surface area (Å²) in [4.78, 5) is 17.1. The molecule has 4 rings (SSSR count). The second-order valence-corrected chi connectivity index (χ2v) is 12.1. The largest absolute Gasteiger partial charge is 0.516 e. The van der Waals surface area contributed by atoms with Gasteiger partial charge in [0.05, 0.1) is 10.6 Å². The monoisotopic (exact) mass is 589 g/mol. The molecule has 0 aliphatic carbocycles. The number of carbonyl (C=O) groups excluding carboxylic acids is 1. The molecule has 210 valence electrons. The first-order valence-electron chi connectivity index (χ1n) is 12.2. The summed E-state index contributed by atoms with van der Waals surface area (Å²) >= 11 is 1.10. The fourth-order valence-electron chi connectivity index (χ4n) is 3.64. The quantitative estimate of drug-likeness (QED) is 0.274. The van der Waals surface area contributed by atoms with Crippen molar-refractivity contribution in [3.63, 3.8) is 0 Å². The summed E-state index contributed by atoms with van der Waals surface area (Å²) in [5, 5.41) is 2.91. The number of thioether (sulfide) groups is 1. The van der Waals surface area contributed by atoms with Gasteiger partial charge in [-0.25, -0.2) is 4.99 Å². The Bertz CT molecular complexity index is 1520. The number of ether oxygens (including phenoxy) is 1. The third kappa shape index (κ3) is 7.89. The lowest BCUT2D eigenvalue weighted by Gasteiger charge is -2.10. The number of sulfonamides is 1. The molecule has 2 N–H and O–H groups in total. The summed E-state index contributed by atoms with van der Waals surface area (Å²) in [5.74, 6) is 0.949. The Morgan fingerprint density at radius 2 is 1.60 bits per heavy atom. The summed E-state index contributed by atoms with van der Waals surface area (Å²) in [5.41, 5.74) is -2.22. The molecule has 1 heterocycles. The first kappa shape index (κ1) is 29.2. The number of halogens is 3. The number of nitrogens with one attached hydrogen (secondary N) is 2. The van der Waals surface area contributed by atoms with E-state index in [-0.39, 0.29) is 16.8 Å². The summed E-state index contributed by atoms with van der Waals surface area (Å²) in [6.45, 7) is 4.82. The van der Waals surface area contributed by atoms with Crippen molar-refractivity contribution in [2.45, 2.75) is 32.4 Å². The van der Waals surface area contributed by atoms with Crippen molar-refractivity contribution in [3.8, 4) is 5.75 Å². The maximum Gasteiger partial charge on any atom is 0.516 e. The van der Waals surface area contributed by atoms with E-state index in [2.05, 4.69) is 48.4 Å².